The van der Waals surface area contributed by atoms with Crippen LogP contribution >= 0.6 is 11.6 Å². The molecule has 0 atom stereocenters. The minimum atomic E-state index is -0.170. The summed E-state index contributed by atoms with van der Waals surface area (Å²) in [6.07, 6.45) is 2.29. The van der Waals surface area contributed by atoms with Gasteiger partial charge in [-0.15, -0.1) is 0 Å². The molecular weight excluding hydrogens is 348 g/mol. The fraction of sp³-hybridized carbons (Fsp3) is 0.238. The average molecular weight is 369 g/mol. The molecule has 2 N–H and O–H groups in total. The van der Waals surface area contributed by atoms with Crippen molar-refractivity contribution in [1.82, 2.24) is 0 Å². The molecule has 4 nitrogen and oxygen atoms in total. The smallest absolute Gasteiger partial charge is 0.255 e. The van der Waals surface area contributed by atoms with Crippen LogP contribution in [0.1, 0.15) is 42.1 Å². The van der Waals surface area contributed by atoms with Gasteiger partial charge in [0.1, 0.15) is 0 Å². The van der Waals surface area contributed by atoms with E-state index in [1.165, 1.54) is 0 Å². The van der Waals surface area contributed by atoms with Crippen LogP contribution in [-0.2, 0) is 4.79 Å². The van der Waals surface area contributed by atoms with Crippen molar-refractivity contribution in [2.75, 3.05) is 10.6 Å². The Balaban J connectivity index is 1.76. The molecule has 0 spiro atoms. The molecule has 0 aliphatic heterocycles. The Kier molecular flexibility index (Phi) is 5.43. The van der Waals surface area contributed by atoms with E-state index in [4.69, 9.17) is 11.6 Å². The Morgan fingerprint density at radius 3 is 2.58 bits per heavy atom. The van der Waals surface area contributed by atoms with Crippen LogP contribution in [0.15, 0.2) is 53.7 Å². The fourth-order valence-electron chi connectivity index (χ4n) is 3.01. The summed E-state index contributed by atoms with van der Waals surface area (Å²) in [6.45, 7) is 3.74. The number of anilines is 2. The number of aryl methyl sites for hydroxylation is 1. The lowest BCUT2D eigenvalue weighted by atomic mass is 9.96. The van der Waals surface area contributed by atoms with Crippen LogP contribution in [-0.4, -0.2) is 11.7 Å². The number of nitrogens with one attached hydrogen (secondary N) is 2. The molecule has 0 heterocycles. The fourth-order valence-corrected chi connectivity index (χ4v) is 3.24. The second-order valence-electron chi connectivity index (χ2n) is 6.47. The quantitative estimate of drug-likeness (QED) is 0.765. The Morgan fingerprint density at radius 2 is 1.85 bits per heavy atom. The van der Waals surface area contributed by atoms with Gasteiger partial charge < -0.3 is 10.6 Å². The maximum Gasteiger partial charge on any atom is 0.255 e. The third-order valence-electron chi connectivity index (χ3n) is 4.60. The molecule has 5 heteroatoms. The summed E-state index contributed by atoms with van der Waals surface area (Å²) in [4.78, 5) is 24.3. The summed E-state index contributed by atoms with van der Waals surface area (Å²) >= 11 is 6.37. The van der Waals surface area contributed by atoms with Crippen molar-refractivity contribution in [3.05, 3.63) is 69.9 Å². The van der Waals surface area contributed by atoms with Crippen LogP contribution < -0.4 is 10.6 Å². The predicted molar refractivity (Wildman–Crippen MR) is 106 cm³/mol. The molecule has 0 radical (unpaired) electrons. The molecule has 2 aromatic carbocycles. The van der Waals surface area contributed by atoms with Gasteiger partial charge in [0.25, 0.3) is 5.91 Å². The van der Waals surface area contributed by atoms with E-state index in [2.05, 4.69) is 10.6 Å². The molecule has 0 aromatic heterocycles. The Labute approximate surface area is 158 Å². The lowest BCUT2D eigenvalue weighted by Crippen LogP contribution is -2.15. The Hall–Kier alpha value is -2.59. The van der Waals surface area contributed by atoms with Gasteiger partial charge in [-0.25, -0.2) is 0 Å². The maximum absolute atomic E-state index is 12.4. The summed E-state index contributed by atoms with van der Waals surface area (Å²) < 4.78 is 0. The Bertz CT molecular complexity index is 903. The molecular formula is C21H21ClN2O2. The van der Waals surface area contributed by atoms with Crippen molar-refractivity contribution in [2.24, 2.45) is 0 Å². The first-order chi connectivity index (χ1) is 12.5. The number of halogens is 1. The zero-order chi connectivity index (χ0) is 18.7. The molecule has 26 heavy (non-hydrogen) atoms. The van der Waals surface area contributed by atoms with Gasteiger partial charge in [0.05, 0.1) is 10.7 Å². The third kappa shape index (κ3) is 3.97. The molecule has 1 aliphatic carbocycles. The standard InChI is InChI=1S/C21H21ClN2O2/c1-13-6-3-4-7-16(13)21(26)23-15-10-11-19(17(22)12-15)24-18-8-5-9-20(25)14(18)2/h3-4,6-7,10-12,24H,5,8-9H2,1-2H3,(H,23,26). The number of hydrogen-bond donors (Lipinski definition) is 2. The van der Waals surface area contributed by atoms with Gasteiger partial charge >= 0.3 is 0 Å². The van der Waals surface area contributed by atoms with Crippen LogP contribution in [0.5, 0.6) is 0 Å². The van der Waals surface area contributed by atoms with Crippen LogP contribution in [0.25, 0.3) is 0 Å². The number of Topliss-reactive ketones (excluding diaryl/α,β-unsaturated/α-hetero) is 1. The van der Waals surface area contributed by atoms with Gasteiger partial charge in [0.15, 0.2) is 5.78 Å². The number of allylic oxidation sites excluding steroid dienone is 2. The van der Waals surface area contributed by atoms with Crippen LogP contribution in [0.3, 0.4) is 0 Å². The molecule has 0 fully saturated rings. The molecule has 2 aromatic rings. The molecule has 0 saturated heterocycles. The van der Waals surface area contributed by atoms with E-state index < -0.39 is 0 Å². The average Bonchev–Trinajstić information content (AvgIpc) is 2.61. The van der Waals surface area contributed by atoms with Crippen LogP contribution in [0.2, 0.25) is 5.02 Å². The summed E-state index contributed by atoms with van der Waals surface area (Å²) in [5.74, 6) is 0.00768. The van der Waals surface area contributed by atoms with Crippen molar-refractivity contribution >= 4 is 34.7 Å². The zero-order valence-electron chi connectivity index (χ0n) is 14.9. The highest BCUT2D eigenvalue weighted by Gasteiger charge is 2.17. The van der Waals surface area contributed by atoms with E-state index in [0.29, 0.717) is 22.7 Å². The number of benzene rings is 2. The topological polar surface area (TPSA) is 58.2 Å². The lowest BCUT2D eigenvalue weighted by molar-refractivity contribution is -0.116. The Morgan fingerprint density at radius 1 is 1.08 bits per heavy atom. The van der Waals surface area contributed by atoms with Crippen LogP contribution in [0, 0.1) is 6.92 Å². The number of amides is 1. The predicted octanol–water partition coefficient (Wildman–Crippen LogP) is 5.34. The van der Waals surface area contributed by atoms with Crippen molar-refractivity contribution in [3.8, 4) is 0 Å². The first kappa shape index (κ1) is 18.2. The second kappa shape index (κ2) is 7.75. The number of hydrogen-bond acceptors (Lipinski definition) is 3. The summed E-state index contributed by atoms with van der Waals surface area (Å²) in [6, 6.07) is 12.7. The van der Waals surface area contributed by atoms with Gasteiger partial charge in [-0.05, 0) is 56.5 Å². The SMILES string of the molecule is CC1=C(Nc2ccc(NC(=O)c3ccccc3C)cc2Cl)CCCC1=O. The number of rotatable bonds is 4. The number of ketones is 1. The lowest BCUT2D eigenvalue weighted by Gasteiger charge is -2.19. The second-order valence-corrected chi connectivity index (χ2v) is 6.88. The van der Waals surface area contributed by atoms with Crippen molar-refractivity contribution in [3.63, 3.8) is 0 Å². The molecule has 0 saturated carbocycles. The van der Waals surface area contributed by atoms with Gasteiger partial charge in [-0.3, -0.25) is 9.59 Å². The van der Waals surface area contributed by atoms with E-state index in [1.807, 2.05) is 38.1 Å². The largest absolute Gasteiger partial charge is 0.357 e. The van der Waals surface area contributed by atoms with Crippen molar-refractivity contribution in [1.29, 1.82) is 0 Å². The van der Waals surface area contributed by atoms with Crippen molar-refractivity contribution in [2.45, 2.75) is 33.1 Å². The van der Waals surface area contributed by atoms with E-state index in [-0.39, 0.29) is 11.7 Å². The van der Waals surface area contributed by atoms with Crippen LogP contribution in [0.4, 0.5) is 11.4 Å². The first-order valence-corrected chi connectivity index (χ1v) is 9.00. The highest BCUT2D eigenvalue weighted by molar-refractivity contribution is 6.33. The highest BCUT2D eigenvalue weighted by Crippen LogP contribution is 2.30. The third-order valence-corrected chi connectivity index (χ3v) is 4.92. The molecule has 1 amide bonds. The minimum absolute atomic E-state index is 0.170. The molecule has 0 unspecified atom stereocenters. The van der Waals surface area contributed by atoms with E-state index in [1.54, 1.807) is 18.2 Å². The van der Waals surface area contributed by atoms with Gasteiger partial charge in [0.2, 0.25) is 0 Å². The summed E-state index contributed by atoms with van der Waals surface area (Å²) in [7, 11) is 0. The number of carbonyl (C=O) groups excluding carboxylic acids is 2. The molecule has 134 valence electrons. The number of carbonyl (C=O) groups is 2. The minimum Gasteiger partial charge on any atom is -0.357 e. The first-order valence-electron chi connectivity index (χ1n) is 8.62. The van der Waals surface area contributed by atoms with E-state index in [0.717, 1.165) is 35.4 Å². The molecule has 3 rings (SSSR count). The molecule has 0 bridgehead atoms. The van der Waals surface area contributed by atoms with Crippen molar-refractivity contribution < 1.29 is 9.59 Å². The van der Waals surface area contributed by atoms with E-state index in [9.17, 15) is 9.59 Å². The monoisotopic (exact) mass is 368 g/mol. The zero-order valence-corrected chi connectivity index (χ0v) is 15.6. The highest BCUT2D eigenvalue weighted by atomic mass is 35.5. The summed E-state index contributed by atoms with van der Waals surface area (Å²) in [5.41, 5.74) is 4.58. The van der Waals surface area contributed by atoms with Gasteiger partial charge in [-0.2, -0.15) is 0 Å². The normalized spacial score (nSPS) is 14.3. The molecule has 1 aliphatic rings. The van der Waals surface area contributed by atoms with Gasteiger partial charge in [0, 0.05) is 28.9 Å². The van der Waals surface area contributed by atoms with E-state index >= 15 is 0 Å². The maximum atomic E-state index is 12.4. The summed E-state index contributed by atoms with van der Waals surface area (Å²) in [5, 5.41) is 6.63. The van der Waals surface area contributed by atoms with Gasteiger partial charge in [-0.1, -0.05) is 29.8 Å².